The summed E-state index contributed by atoms with van der Waals surface area (Å²) in [5, 5.41) is 0. The summed E-state index contributed by atoms with van der Waals surface area (Å²) in [7, 11) is 0. The molecule has 1 fully saturated rings. The Labute approximate surface area is 76.8 Å². The second kappa shape index (κ2) is 2.98. The van der Waals surface area contributed by atoms with E-state index in [1.54, 1.807) is 0 Å². The fourth-order valence-corrected chi connectivity index (χ4v) is 2.17. The lowest BCUT2D eigenvalue weighted by atomic mass is 9.79. The average Bonchev–Trinajstić information content (AvgIpc) is 2.43. The molecular formula is C10H12O3. The molecule has 2 atom stereocenters. The van der Waals surface area contributed by atoms with E-state index in [1.807, 2.05) is 6.92 Å². The van der Waals surface area contributed by atoms with Gasteiger partial charge in [-0.2, -0.15) is 0 Å². The molecule has 0 aromatic heterocycles. The minimum absolute atomic E-state index is 0.188. The summed E-state index contributed by atoms with van der Waals surface area (Å²) in [6, 6.07) is 0. The number of esters is 2. The number of carbonyl (C=O) groups is 2. The van der Waals surface area contributed by atoms with Crippen LogP contribution in [0.2, 0.25) is 0 Å². The molecule has 1 saturated heterocycles. The van der Waals surface area contributed by atoms with E-state index in [4.69, 9.17) is 0 Å². The average molecular weight is 180 g/mol. The van der Waals surface area contributed by atoms with Crippen molar-refractivity contribution in [1.82, 2.24) is 0 Å². The van der Waals surface area contributed by atoms with Crippen molar-refractivity contribution in [3.05, 3.63) is 11.6 Å². The molecule has 0 radical (unpaired) electrons. The van der Waals surface area contributed by atoms with Crippen LogP contribution in [0.1, 0.15) is 26.2 Å². The van der Waals surface area contributed by atoms with Crippen LogP contribution < -0.4 is 0 Å². The lowest BCUT2D eigenvalue weighted by Crippen LogP contribution is -2.22. The number of rotatable bonds is 1. The zero-order valence-corrected chi connectivity index (χ0v) is 7.58. The lowest BCUT2D eigenvalue weighted by molar-refractivity contribution is -0.153. The summed E-state index contributed by atoms with van der Waals surface area (Å²) in [6.07, 6.45) is 4.57. The molecular weight excluding hydrogens is 168 g/mol. The predicted molar refractivity (Wildman–Crippen MR) is 45.7 cm³/mol. The van der Waals surface area contributed by atoms with Gasteiger partial charge in [0.25, 0.3) is 0 Å². The summed E-state index contributed by atoms with van der Waals surface area (Å²) >= 11 is 0. The number of hydrogen-bond acceptors (Lipinski definition) is 3. The zero-order valence-electron chi connectivity index (χ0n) is 7.58. The minimum Gasteiger partial charge on any atom is -0.392 e. The predicted octanol–water partition coefficient (Wildman–Crippen LogP) is 1.43. The third kappa shape index (κ3) is 1.19. The summed E-state index contributed by atoms with van der Waals surface area (Å²) in [5.41, 5.74) is 1.08. The third-order valence-corrected chi connectivity index (χ3v) is 2.85. The third-order valence-electron chi connectivity index (χ3n) is 2.85. The van der Waals surface area contributed by atoms with Gasteiger partial charge in [-0.3, -0.25) is 9.59 Å². The van der Waals surface area contributed by atoms with Crippen molar-refractivity contribution in [2.45, 2.75) is 26.2 Å². The Balaban J connectivity index is 2.32. The van der Waals surface area contributed by atoms with E-state index < -0.39 is 0 Å². The first kappa shape index (κ1) is 8.48. The second-order valence-electron chi connectivity index (χ2n) is 3.53. The maximum atomic E-state index is 11.3. The highest BCUT2D eigenvalue weighted by Gasteiger charge is 2.46. The second-order valence-corrected chi connectivity index (χ2v) is 3.53. The van der Waals surface area contributed by atoms with Crippen LogP contribution in [0.4, 0.5) is 0 Å². The molecule has 0 saturated carbocycles. The normalized spacial score (nSPS) is 32.5. The van der Waals surface area contributed by atoms with Crippen molar-refractivity contribution < 1.29 is 14.3 Å². The van der Waals surface area contributed by atoms with Gasteiger partial charge in [-0.25, -0.2) is 0 Å². The Morgan fingerprint density at radius 3 is 2.92 bits per heavy atom. The molecule has 70 valence electrons. The van der Waals surface area contributed by atoms with Crippen LogP contribution in [0.25, 0.3) is 0 Å². The van der Waals surface area contributed by atoms with Crippen LogP contribution in [0.15, 0.2) is 11.6 Å². The van der Waals surface area contributed by atoms with Crippen LogP contribution in [0.5, 0.6) is 0 Å². The van der Waals surface area contributed by atoms with Gasteiger partial charge in [-0.1, -0.05) is 18.6 Å². The molecule has 3 nitrogen and oxygen atoms in total. The Bertz CT molecular complexity index is 291. The van der Waals surface area contributed by atoms with Gasteiger partial charge in [0.05, 0.1) is 11.8 Å². The fourth-order valence-electron chi connectivity index (χ4n) is 2.17. The molecule has 0 bridgehead atoms. The largest absolute Gasteiger partial charge is 0.392 e. The number of cyclic esters (lactones) is 2. The van der Waals surface area contributed by atoms with Crippen LogP contribution in [0.3, 0.4) is 0 Å². The van der Waals surface area contributed by atoms with Crippen LogP contribution in [-0.4, -0.2) is 11.9 Å². The SMILES string of the molecule is CCC1=CCCC2C(=O)OC(=O)C12. The van der Waals surface area contributed by atoms with E-state index in [0.717, 1.165) is 24.8 Å². The van der Waals surface area contributed by atoms with Gasteiger partial charge in [0.15, 0.2) is 0 Å². The number of fused-ring (bicyclic) bond motifs is 1. The monoisotopic (exact) mass is 180 g/mol. The van der Waals surface area contributed by atoms with Crippen molar-refractivity contribution in [3.8, 4) is 0 Å². The highest BCUT2D eigenvalue weighted by molar-refractivity contribution is 5.98. The topological polar surface area (TPSA) is 43.4 Å². The number of hydrogen-bond donors (Lipinski definition) is 0. The van der Waals surface area contributed by atoms with Gasteiger partial charge >= 0.3 is 11.9 Å². The Kier molecular flexibility index (Phi) is 1.94. The number of ether oxygens (including phenoxy) is 1. The molecule has 0 aromatic carbocycles. The first-order chi connectivity index (χ1) is 6.24. The van der Waals surface area contributed by atoms with E-state index >= 15 is 0 Å². The van der Waals surface area contributed by atoms with E-state index in [1.165, 1.54) is 0 Å². The van der Waals surface area contributed by atoms with Crippen molar-refractivity contribution >= 4 is 11.9 Å². The van der Waals surface area contributed by atoms with Crippen molar-refractivity contribution in [2.24, 2.45) is 11.8 Å². The van der Waals surface area contributed by atoms with Crippen LogP contribution >= 0.6 is 0 Å². The summed E-state index contributed by atoms with van der Waals surface area (Å²) < 4.78 is 4.62. The number of allylic oxidation sites excluding steroid dienone is 1. The van der Waals surface area contributed by atoms with E-state index in [2.05, 4.69) is 10.8 Å². The maximum Gasteiger partial charge on any atom is 0.321 e. The van der Waals surface area contributed by atoms with Gasteiger partial charge in [-0.15, -0.1) is 0 Å². The van der Waals surface area contributed by atoms with Crippen LogP contribution in [-0.2, 0) is 14.3 Å². The Morgan fingerprint density at radius 2 is 2.23 bits per heavy atom. The molecule has 1 aliphatic carbocycles. The smallest absolute Gasteiger partial charge is 0.321 e. The van der Waals surface area contributed by atoms with E-state index in [-0.39, 0.29) is 23.8 Å². The molecule has 0 spiro atoms. The van der Waals surface area contributed by atoms with Gasteiger partial charge in [0, 0.05) is 0 Å². The molecule has 2 unspecified atom stereocenters. The van der Waals surface area contributed by atoms with E-state index in [0.29, 0.717) is 0 Å². The van der Waals surface area contributed by atoms with Gasteiger partial charge in [0.1, 0.15) is 0 Å². The molecule has 2 rings (SSSR count). The molecule has 1 heterocycles. The molecule has 0 aromatic rings. The molecule has 2 aliphatic rings. The first-order valence-corrected chi connectivity index (χ1v) is 4.68. The molecule has 3 heteroatoms. The minimum atomic E-state index is -0.345. The Morgan fingerprint density at radius 1 is 1.46 bits per heavy atom. The highest BCUT2D eigenvalue weighted by atomic mass is 16.6. The number of carbonyl (C=O) groups excluding carboxylic acids is 2. The zero-order chi connectivity index (χ0) is 9.42. The van der Waals surface area contributed by atoms with Gasteiger partial charge in [-0.05, 0) is 19.3 Å². The lowest BCUT2D eigenvalue weighted by Gasteiger charge is -2.20. The van der Waals surface area contributed by atoms with Crippen molar-refractivity contribution in [3.63, 3.8) is 0 Å². The molecule has 0 N–H and O–H groups in total. The summed E-state index contributed by atoms with van der Waals surface area (Å²) in [5.74, 6) is -1.12. The Hall–Kier alpha value is -1.12. The fraction of sp³-hybridized carbons (Fsp3) is 0.600. The standard InChI is InChI=1S/C10H12O3/c1-2-6-4-3-5-7-8(6)10(12)13-9(7)11/h4,7-8H,2-3,5H2,1H3. The van der Waals surface area contributed by atoms with Crippen molar-refractivity contribution in [2.75, 3.05) is 0 Å². The molecule has 0 amide bonds. The van der Waals surface area contributed by atoms with Gasteiger partial charge < -0.3 is 4.74 Å². The van der Waals surface area contributed by atoms with Crippen LogP contribution in [0, 0.1) is 11.8 Å². The molecule has 1 aliphatic heterocycles. The summed E-state index contributed by atoms with van der Waals surface area (Å²) in [6.45, 7) is 2.00. The molecule has 13 heavy (non-hydrogen) atoms. The van der Waals surface area contributed by atoms with E-state index in [9.17, 15) is 9.59 Å². The highest BCUT2D eigenvalue weighted by Crippen LogP contribution is 2.38. The summed E-state index contributed by atoms with van der Waals surface area (Å²) in [4.78, 5) is 22.5. The van der Waals surface area contributed by atoms with Gasteiger partial charge in [0.2, 0.25) is 0 Å². The quantitative estimate of drug-likeness (QED) is 0.348. The maximum absolute atomic E-state index is 11.3. The first-order valence-electron chi connectivity index (χ1n) is 4.68. The van der Waals surface area contributed by atoms with Crippen molar-refractivity contribution in [1.29, 1.82) is 0 Å².